The molecule has 1 heterocycles. The van der Waals surface area contributed by atoms with E-state index in [0.29, 0.717) is 19.1 Å². The van der Waals surface area contributed by atoms with Gasteiger partial charge in [0.15, 0.2) is 0 Å². The Morgan fingerprint density at radius 3 is 2.85 bits per heavy atom. The van der Waals surface area contributed by atoms with E-state index >= 15 is 0 Å². The number of likely N-dealkylation sites (N-methyl/N-ethyl adjacent to an activating group) is 1. The Balaban J connectivity index is 1.73. The summed E-state index contributed by atoms with van der Waals surface area (Å²) >= 11 is 0. The molecule has 0 radical (unpaired) electrons. The van der Waals surface area contributed by atoms with E-state index < -0.39 is 0 Å². The second-order valence-electron chi connectivity index (χ2n) is 5.32. The number of halogens is 1. The van der Waals surface area contributed by atoms with Crippen molar-refractivity contribution in [2.45, 2.75) is 25.4 Å². The lowest BCUT2D eigenvalue weighted by Crippen LogP contribution is -2.47. The van der Waals surface area contributed by atoms with Gasteiger partial charge in [0, 0.05) is 19.1 Å². The maximum absolute atomic E-state index is 12.8. The van der Waals surface area contributed by atoms with Crippen LogP contribution in [-0.4, -0.2) is 43.5 Å². The van der Waals surface area contributed by atoms with Crippen LogP contribution in [0.5, 0.6) is 0 Å². The zero-order valence-corrected chi connectivity index (χ0v) is 11.9. The summed E-state index contributed by atoms with van der Waals surface area (Å²) in [6.45, 7) is 2.85. The predicted octanol–water partition coefficient (Wildman–Crippen LogP) is 1.13. The highest BCUT2D eigenvalue weighted by molar-refractivity contribution is 5.78. The summed E-state index contributed by atoms with van der Waals surface area (Å²) in [5.41, 5.74) is 0.904. The van der Waals surface area contributed by atoms with Gasteiger partial charge in [0.2, 0.25) is 5.91 Å². The molecular weight excluding hydrogens is 257 g/mol. The van der Waals surface area contributed by atoms with E-state index in [1.165, 1.54) is 12.1 Å². The third-order valence-electron chi connectivity index (χ3n) is 3.69. The van der Waals surface area contributed by atoms with Crippen LogP contribution < -0.4 is 10.6 Å². The lowest BCUT2D eigenvalue weighted by Gasteiger charge is -2.31. The minimum Gasteiger partial charge on any atom is -0.351 e. The van der Waals surface area contributed by atoms with Crippen molar-refractivity contribution >= 4 is 5.91 Å². The average Bonchev–Trinajstić information content (AvgIpc) is 2.47. The van der Waals surface area contributed by atoms with E-state index in [9.17, 15) is 9.18 Å². The molecule has 1 unspecified atom stereocenters. The molecule has 0 bridgehead atoms. The minimum atomic E-state index is -0.260. The average molecular weight is 279 g/mol. The van der Waals surface area contributed by atoms with Crippen LogP contribution in [-0.2, 0) is 11.3 Å². The van der Waals surface area contributed by atoms with Crippen molar-refractivity contribution in [2.24, 2.45) is 0 Å². The fraction of sp³-hybridized carbons (Fsp3) is 0.533. The van der Waals surface area contributed by atoms with Crippen LogP contribution in [0, 0.1) is 5.82 Å². The minimum absolute atomic E-state index is 0.00222. The topological polar surface area (TPSA) is 44.4 Å². The summed E-state index contributed by atoms with van der Waals surface area (Å²) in [6, 6.07) is 6.61. The molecule has 0 aliphatic carbocycles. The number of carbonyl (C=O) groups excluding carboxylic acids is 1. The Kier molecular flexibility index (Phi) is 5.49. The summed E-state index contributed by atoms with van der Waals surface area (Å²) in [5, 5.41) is 6.21. The van der Waals surface area contributed by atoms with Gasteiger partial charge in [0.1, 0.15) is 5.82 Å². The fourth-order valence-electron chi connectivity index (χ4n) is 2.42. The Bertz CT molecular complexity index is 429. The molecule has 0 aromatic heterocycles. The third kappa shape index (κ3) is 4.58. The van der Waals surface area contributed by atoms with Crippen LogP contribution in [0.2, 0.25) is 0 Å². The lowest BCUT2D eigenvalue weighted by molar-refractivity contribution is -0.122. The maximum atomic E-state index is 12.8. The van der Waals surface area contributed by atoms with Gasteiger partial charge >= 0.3 is 0 Å². The standard InChI is InChI=1S/C15H22FN3O/c1-19(14-3-2-8-17-10-14)11-15(20)18-9-12-4-6-13(16)7-5-12/h4-7,14,17H,2-3,8-11H2,1H3,(H,18,20). The molecule has 110 valence electrons. The largest absolute Gasteiger partial charge is 0.351 e. The third-order valence-corrected chi connectivity index (χ3v) is 3.69. The molecule has 2 rings (SSSR count). The zero-order chi connectivity index (χ0) is 14.4. The first-order valence-electron chi connectivity index (χ1n) is 7.07. The Morgan fingerprint density at radius 1 is 1.45 bits per heavy atom. The summed E-state index contributed by atoms with van der Waals surface area (Å²) in [4.78, 5) is 14.0. The number of benzene rings is 1. The molecule has 0 saturated carbocycles. The van der Waals surface area contributed by atoms with Crippen LogP contribution in [0.1, 0.15) is 18.4 Å². The van der Waals surface area contributed by atoms with Crippen LogP contribution in [0.15, 0.2) is 24.3 Å². The van der Waals surface area contributed by atoms with E-state index in [1.807, 2.05) is 7.05 Å². The summed E-state index contributed by atoms with van der Waals surface area (Å²) in [6.07, 6.45) is 2.29. The number of nitrogens with zero attached hydrogens (tertiary/aromatic N) is 1. The Labute approximate surface area is 119 Å². The quantitative estimate of drug-likeness (QED) is 0.849. The molecule has 1 saturated heterocycles. The lowest BCUT2D eigenvalue weighted by atomic mass is 10.1. The van der Waals surface area contributed by atoms with E-state index in [4.69, 9.17) is 0 Å². The summed E-state index contributed by atoms with van der Waals surface area (Å²) in [5.74, 6) is -0.257. The predicted molar refractivity (Wildman–Crippen MR) is 76.8 cm³/mol. The summed E-state index contributed by atoms with van der Waals surface area (Å²) < 4.78 is 12.8. The van der Waals surface area contributed by atoms with Crippen molar-refractivity contribution < 1.29 is 9.18 Å². The second-order valence-corrected chi connectivity index (χ2v) is 5.32. The van der Waals surface area contributed by atoms with E-state index in [-0.39, 0.29) is 11.7 Å². The molecule has 2 N–H and O–H groups in total. The van der Waals surface area contributed by atoms with Crippen molar-refractivity contribution in [3.05, 3.63) is 35.6 Å². The molecule has 5 heteroatoms. The van der Waals surface area contributed by atoms with Crippen LogP contribution in [0.4, 0.5) is 4.39 Å². The number of amides is 1. The zero-order valence-electron chi connectivity index (χ0n) is 11.9. The monoisotopic (exact) mass is 279 g/mol. The van der Waals surface area contributed by atoms with Crippen molar-refractivity contribution in [3.63, 3.8) is 0 Å². The number of nitrogens with one attached hydrogen (secondary N) is 2. The number of piperidine rings is 1. The smallest absolute Gasteiger partial charge is 0.234 e. The van der Waals surface area contributed by atoms with Gasteiger partial charge in [0.05, 0.1) is 6.54 Å². The first-order chi connectivity index (χ1) is 9.65. The fourth-order valence-corrected chi connectivity index (χ4v) is 2.42. The van der Waals surface area contributed by atoms with Gasteiger partial charge < -0.3 is 10.6 Å². The van der Waals surface area contributed by atoms with Crippen LogP contribution in [0.3, 0.4) is 0 Å². The molecule has 1 aromatic rings. The van der Waals surface area contributed by atoms with Gasteiger partial charge in [-0.3, -0.25) is 9.69 Å². The molecule has 0 spiro atoms. The molecule has 4 nitrogen and oxygen atoms in total. The van der Waals surface area contributed by atoms with E-state index in [1.54, 1.807) is 12.1 Å². The van der Waals surface area contributed by atoms with Crippen molar-refractivity contribution in [1.82, 2.24) is 15.5 Å². The molecule has 1 aliphatic rings. The van der Waals surface area contributed by atoms with Crippen LogP contribution >= 0.6 is 0 Å². The first kappa shape index (κ1) is 14.9. The van der Waals surface area contributed by atoms with Gasteiger partial charge in [0.25, 0.3) is 0 Å². The highest BCUT2D eigenvalue weighted by Crippen LogP contribution is 2.08. The highest BCUT2D eigenvalue weighted by Gasteiger charge is 2.19. The summed E-state index contributed by atoms with van der Waals surface area (Å²) in [7, 11) is 1.98. The van der Waals surface area contributed by atoms with Gasteiger partial charge in [-0.1, -0.05) is 12.1 Å². The molecule has 1 atom stereocenters. The number of rotatable bonds is 5. The molecule has 1 aromatic carbocycles. The molecule has 1 fully saturated rings. The first-order valence-corrected chi connectivity index (χ1v) is 7.07. The highest BCUT2D eigenvalue weighted by atomic mass is 19.1. The maximum Gasteiger partial charge on any atom is 0.234 e. The molecule has 1 amide bonds. The van der Waals surface area contributed by atoms with Gasteiger partial charge in [-0.2, -0.15) is 0 Å². The van der Waals surface area contributed by atoms with Crippen molar-refractivity contribution in [3.8, 4) is 0 Å². The van der Waals surface area contributed by atoms with Crippen LogP contribution in [0.25, 0.3) is 0 Å². The van der Waals surface area contributed by atoms with Gasteiger partial charge in [-0.05, 0) is 44.1 Å². The Morgan fingerprint density at radius 2 is 2.20 bits per heavy atom. The molecule has 20 heavy (non-hydrogen) atoms. The van der Waals surface area contributed by atoms with Gasteiger partial charge in [-0.15, -0.1) is 0 Å². The number of hydrogen-bond donors (Lipinski definition) is 2. The SMILES string of the molecule is CN(CC(=O)NCc1ccc(F)cc1)C1CCCNC1. The van der Waals surface area contributed by atoms with Crippen molar-refractivity contribution in [1.29, 1.82) is 0 Å². The van der Waals surface area contributed by atoms with E-state index in [0.717, 1.165) is 31.5 Å². The molecule has 1 aliphatic heterocycles. The molecular formula is C15H22FN3O. The second kappa shape index (κ2) is 7.36. The Hall–Kier alpha value is -1.46. The number of hydrogen-bond acceptors (Lipinski definition) is 3. The van der Waals surface area contributed by atoms with Crippen molar-refractivity contribution in [2.75, 3.05) is 26.7 Å². The normalized spacial score (nSPS) is 19.1. The number of carbonyl (C=O) groups is 1. The van der Waals surface area contributed by atoms with Gasteiger partial charge in [-0.25, -0.2) is 4.39 Å². The van der Waals surface area contributed by atoms with E-state index in [2.05, 4.69) is 15.5 Å².